The number of fused-ring (bicyclic) bond motifs is 1. The molecule has 6 atom stereocenters. The van der Waals surface area contributed by atoms with Crippen LogP contribution < -0.4 is 0 Å². The summed E-state index contributed by atoms with van der Waals surface area (Å²) in [6.45, 7) is 0.128. The van der Waals surface area contributed by atoms with Gasteiger partial charge in [-0.3, -0.25) is 4.79 Å². The van der Waals surface area contributed by atoms with Gasteiger partial charge in [0.25, 0.3) is 5.91 Å². The molecule has 0 N–H and O–H groups in total. The van der Waals surface area contributed by atoms with E-state index in [2.05, 4.69) is 0 Å². The lowest BCUT2D eigenvalue weighted by Gasteiger charge is -2.18. The van der Waals surface area contributed by atoms with E-state index in [-0.39, 0.29) is 13.0 Å². The number of carbonyl (C=O) groups is 2. The summed E-state index contributed by atoms with van der Waals surface area (Å²) in [5, 5.41) is 0. The van der Waals surface area contributed by atoms with Crippen molar-refractivity contribution in [1.82, 2.24) is 4.90 Å². The van der Waals surface area contributed by atoms with Crippen LogP contribution in [0, 0.1) is 11.8 Å². The molecule has 0 bridgehead atoms. The fourth-order valence-corrected chi connectivity index (χ4v) is 4.54. The number of nitrogens with zero attached hydrogens (tertiary/aromatic N) is 1. The minimum Gasteiger partial charge on any atom is -0.447 e. The lowest BCUT2D eigenvalue weighted by Crippen LogP contribution is -2.39. The molecule has 0 radical (unpaired) electrons. The molecule has 2 amide bonds. The topological polar surface area (TPSA) is 46.6 Å². The van der Waals surface area contributed by atoms with Crippen LogP contribution in [0.4, 0.5) is 13.6 Å². The Morgan fingerprint density at radius 3 is 2.73 bits per heavy atom. The van der Waals surface area contributed by atoms with Crippen LogP contribution in [0.1, 0.15) is 12.0 Å². The number of hydrogen-bond acceptors (Lipinski definition) is 3. The number of alkyl halides is 3. The molecule has 3 aliphatic rings. The Bertz CT molecular complexity index is 758. The first-order chi connectivity index (χ1) is 12.4. The fourth-order valence-electron chi connectivity index (χ4n) is 4.10. The van der Waals surface area contributed by atoms with Gasteiger partial charge in [-0.1, -0.05) is 36.4 Å². The third kappa shape index (κ3) is 2.71. The van der Waals surface area contributed by atoms with Gasteiger partial charge in [0.05, 0.1) is 6.04 Å². The maximum atomic E-state index is 13.9. The van der Waals surface area contributed by atoms with Crippen molar-refractivity contribution in [3.8, 4) is 0 Å². The predicted octanol–water partition coefficient (Wildman–Crippen LogP) is 3.44. The van der Waals surface area contributed by atoms with Crippen LogP contribution >= 0.6 is 11.6 Å². The summed E-state index contributed by atoms with van der Waals surface area (Å²) in [5.74, 6) is -1.58. The van der Waals surface area contributed by atoms with Crippen molar-refractivity contribution in [1.29, 1.82) is 0 Å². The molecule has 4 nitrogen and oxygen atoms in total. The predicted molar refractivity (Wildman–Crippen MR) is 91.2 cm³/mol. The molecule has 26 heavy (non-hydrogen) atoms. The minimum absolute atomic E-state index is 0.0935. The first-order valence-electron chi connectivity index (χ1n) is 8.62. The van der Waals surface area contributed by atoms with Crippen LogP contribution in [0.3, 0.4) is 0 Å². The average molecular weight is 382 g/mol. The van der Waals surface area contributed by atoms with Crippen molar-refractivity contribution in [3.63, 3.8) is 0 Å². The highest BCUT2D eigenvalue weighted by molar-refractivity contribution is 6.28. The first kappa shape index (κ1) is 17.5. The molecular formula is C19H18ClF2NO3. The van der Waals surface area contributed by atoms with E-state index in [9.17, 15) is 18.4 Å². The number of imide groups is 1. The summed E-state index contributed by atoms with van der Waals surface area (Å²) < 4.78 is 32.6. The van der Waals surface area contributed by atoms with Crippen LogP contribution in [0.15, 0.2) is 42.5 Å². The van der Waals surface area contributed by atoms with Crippen LogP contribution in [0.25, 0.3) is 0 Å². The Morgan fingerprint density at radius 2 is 2.08 bits per heavy atom. The summed E-state index contributed by atoms with van der Waals surface area (Å²) in [4.78, 5) is 24.1. The van der Waals surface area contributed by atoms with Crippen LogP contribution in [-0.4, -0.2) is 46.8 Å². The number of cyclic esters (lactones) is 1. The second-order valence-electron chi connectivity index (χ2n) is 7.11. The van der Waals surface area contributed by atoms with Crippen molar-refractivity contribution in [2.45, 2.75) is 36.1 Å². The zero-order valence-electron chi connectivity index (χ0n) is 13.9. The van der Waals surface area contributed by atoms with Crippen molar-refractivity contribution < 1.29 is 23.1 Å². The molecule has 1 heterocycles. The van der Waals surface area contributed by atoms with E-state index < -0.39 is 47.1 Å². The maximum absolute atomic E-state index is 13.9. The van der Waals surface area contributed by atoms with Gasteiger partial charge in [-0.05, 0) is 30.4 Å². The second-order valence-corrected chi connectivity index (χ2v) is 7.76. The molecule has 1 aliphatic heterocycles. The van der Waals surface area contributed by atoms with Crippen molar-refractivity contribution in [3.05, 3.63) is 48.0 Å². The number of allylic oxidation sites excluding steroid dienone is 1. The maximum Gasteiger partial charge on any atom is 0.417 e. The van der Waals surface area contributed by atoms with Gasteiger partial charge in [0.1, 0.15) is 23.8 Å². The van der Waals surface area contributed by atoms with E-state index in [4.69, 9.17) is 16.3 Å². The normalized spacial score (nSPS) is 38.5. The number of amides is 2. The van der Waals surface area contributed by atoms with E-state index in [1.54, 1.807) is 0 Å². The molecule has 2 aliphatic carbocycles. The van der Waals surface area contributed by atoms with Crippen LogP contribution in [0.5, 0.6) is 0 Å². The number of benzene rings is 1. The average Bonchev–Trinajstić information content (AvgIpc) is 2.89. The molecule has 5 unspecified atom stereocenters. The molecule has 2 saturated carbocycles. The van der Waals surface area contributed by atoms with Gasteiger partial charge in [0.15, 0.2) is 0 Å². The largest absolute Gasteiger partial charge is 0.447 e. The standard InChI is InChI=1S/C19H18ClF2NO3/c20-19-14(21)9-12(16(19)17(19)22)6-7-15(24)23-13(10-26-18(23)25)8-11-4-2-1-3-5-11/h1-7,12-14,16-17H,8-10H2/b7-6+/t12?,13-,14?,16?,17?,19?/m0/s1. The van der Waals surface area contributed by atoms with E-state index >= 15 is 0 Å². The van der Waals surface area contributed by atoms with Gasteiger partial charge in [0, 0.05) is 5.92 Å². The van der Waals surface area contributed by atoms with Gasteiger partial charge in [-0.2, -0.15) is 0 Å². The fraction of sp³-hybridized carbons (Fsp3) is 0.474. The Labute approximate surface area is 154 Å². The van der Waals surface area contributed by atoms with Gasteiger partial charge in [0.2, 0.25) is 0 Å². The third-order valence-electron chi connectivity index (χ3n) is 5.56. The number of hydrogen-bond donors (Lipinski definition) is 0. The van der Waals surface area contributed by atoms with E-state index in [0.717, 1.165) is 10.5 Å². The summed E-state index contributed by atoms with van der Waals surface area (Å²) in [7, 11) is 0. The Morgan fingerprint density at radius 1 is 1.35 bits per heavy atom. The summed E-state index contributed by atoms with van der Waals surface area (Å²) in [6.07, 6.45) is -0.226. The van der Waals surface area contributed by atoms with Crippen LogP contribution in [-0.2, 0) is 16.0 Å². The number of rotatable bonds is 4. The van der Waals surface area contributed by atoms with Gasteiger partial charge in [-0.25, -0.2) is 18.5 Å². The van der Waals surface area contributed by atoms with Crippen molar-refractivity contribution >= 4 is 23.6 Å². The van der Waals surface area contributed by atoms with E-state index in [1.165, 1.54) is 12.2 Å². The SMILES string of the molecule is O=C(/C=C/C1CC(F)C2(Cl)C(F)C12)N1C(=O)OC[C@@H]1Cc1ccccc1. The molecule has 7 heteroatoms. The zero-order valence-corrected chi connectivity index (χ0v) is 14.6. The van der Waals surface area contributed by atoms with Gasteiger partial charge in [-0.15, -0.1) is 11.6 Å². The highest BCUT2D eigenvalue weighted by Crippen LogP contribution is 2.66. The lowest BCUT2D eigenvalue weighted by molar-refractivity contribution is -0.124. The molecule has 1 aromatic rings. The van der Waals surface area contributed by atoms with Crippen molar-refractivity contribution in [2.75, 3.05) is 6.61 Å². The van der Waals surface area contributed by atoms with Crippen molar-refractivity contribution in [2.24, 2.45) is 11.8 Å². The van der Waals surface area contributed by atoms with E-state index in [1.807, 2.05) is 30.3 Å². The molecule has 138 valence electrons. The summed E-state index contributed by atoms with van der Waals surface area (Å²) in [6, 6.07) is 9.08. The Balaban J connectivity index is 1.44. The quantitative estimate of drug-likeness (QED) is 0.593. The minimum atomic E-state index is -1.43. The molecule has 1 aromatic carbocycles. The molecule has 0 spiro atoms. The third-order valence-corrected chi connectivity index (χ3v) is 6.26. The highest BCUT2D eigenvalue weighted by Gasteiger charge is 2.76. The zero-order chi connectivity index (χ0) is 18.5. The molecule has 3 fully saturated rings. The lowest BCUT2D eigenvalue weighted by atomic mass is 10.0. The van der Waals surface area contributed by atoms with Gasteiger partial charge >= 0.3 is 6.09 Å². The number of halogens is 3. The highest BCUT2D eigenvalue weighted by atomic mass is 35.5. The molecular weight excluding hydrogens is 364 g/mol. The first-order valence-corrected chi connectivity index (χ1v) is 9.00. The number of carbonyl (C=O) groups excluding carboxylic acids is 2. The monoisotopic (exact) mass is 381 g/mol. The summed E-state index contributed by atoms with van der Waals surface area (Å²) >= 11 is 5.96. The van der Waals surface area contributed by atoms with E-state index in [0.29, 0.717) is 6.42 Å². The summed E-state index contributed by atoms with van der Waals surface area (Å²) in [5.41, 5.74) is 0.985. The number of ether oxygens (including phenoxy) is 1. The molecule has 4 rings (SSSR count). The molecule has 0 aromatic heterocycles. The second kappa shape index (κ2) is 6.34. The molecule has 1 saturated heterocycles. The smallest absolute Gasteiger partial charge is 0.417 e. The Kier molecular flexibility index (Phi) is 4.26. The van der Waals surface area contributed by atoms with Gasteiger partial charge < -0.3 is 4.74 Å². The Hall–Kier alpha value is -1.95. The van der Waals surface area contributed by atoms with Crippen LogP contribution in [0.2, 0.25) is 0 Å².